The Bertz CT molecular complexity index is 883. The summed E-state index contributed by atoms with van der Waals surface area (Å²) in [6, 6.07) is 4.71. The lowest BCUT2D eigenvalue weighted by molar-refractivity contribution is -0.157. The van der Waals surface area contributed by atoms with Crippen LogP contribution in [0.1, 0.15) is 37.3 Å². The molecule has 2 saturated carbocycles. The lowest BCUT2D eigenvalue weighted by atomic mass is 9.47. The van der Waals surface area contributed by atoms with E-state index in [0.717, 1.165) is 43.7 Å². The van der Waals surface area contributed by atoms with Crippen molar-refractivity contribution in [1.29, 1.82) is 0 Å². The maximum Gasteiger partial charge on any atom is 0.165 e. The number of likely N-dealkylation sites (N-methyl/N-ethyl adjacent to an activating group) is 1. The van der Waals surface area contributed by atoms with Crippen molar-refractivity contribution in [2.45, 2.75) is 55.8 Å². The maximum atomic E-state index is 12.7. The van der Waals surface area contributed by atoms with E-state index in [4.69, 9.17) is 14.2 Å². The van der Waals surface area contributed by atoms with E-state index >= 15 is 0 Å². The molecule has 5 nitrogen and oxygen atoms in total. The first-order valence-corrected chi connectivity index (χ1v) is 10.1. The van der Waals surface area contributed by atoms with Crippen LogP contribution in [0.15, 0.2) is 12.1 Å². The number of nitrogens with zero attached hydrogens (tertiary/aromatic N) is 1. The molecule has 6 atom stereocenters. The van der Waals surface area contributed by atoms with Gasteiger partial charge in [0, 0.05) is 29.5 Å². The zero-order valence-electron chi connectivity index (χ0n) is 16.5. The van der Waals surface area contributed by atoms with Crippen molar-refractivity contribution in [2.24, 2.45) is 11.3 Å². The average molecular weight is 369 g/mol. The van der Waals surface area contributed by atoms with E-state index in [1.165, 1.54) is 11.1 Å². The molecule has 1 saturated heterocycles. The molecule has 4 bridgehead atoms. The summed E-state index contributed by atoms with van der Waals surface area (Å²) in [5, 5.41) is 0. The van der Waals surface area contributed by atoms with Crippen LogP contribution in [0.5, 0.6) is 11.5 Å². The molecule has 3 aliphatic carbocycles. The van der Waals surface area contributed by atoms with Crippen LogP contribution in [0.2, 0.25) is 0 Å². The Labute approximate surface area is 160 Å². The Balaban J connectivity index is 1.69. The third-order valence-electron chi connectivity index (χ3n) is 8.95. The molecule has 3 unspecified atom stereocenters. The fraction of sp³-hybridized carbons (Fsp3) is 0.682. The summed E-state index contributed by atoms with van der Waals surface area (Å²) in [6.45, 7) is 2.79. The number of fused-ring (bicyclic) bond motifs is 2. The molecule has 27 heavy (non-hydrogen) atoms. The van der Waals surface area contributed by atoms with Crippen molar-refractivity contribution in [3.8, 4) is 11.5 Å². The van der Waals surface area contributed by atoms with Crippen LogP contribution in [0.4, 0.5) is 0 Å². The Morgan fingerprint density at radius 2 is 2.15 bits per heavy atom. The molecule has 2 aliphatic heterocycles. The second-order valence-electron chi connectivity index (χ2n) is 9.41. The predicted molar refractivity (Wildman–Crippen MR) is 99.4 cm³/mol. The summed E-state index contributed by atoms with van der Waals surface area (Å²) in [4.78, 5) is 15.2. The van der Waals surface area contributed by atoms with Crippen molar-refractivity contribution in [3.63, 3.8) is 0 Å². The minimum absolute atomic E-state index is 0.0433. The van der Waals surface area contributed by atoms with Crippen molar-refractivity contribution >= 4 is 5.78 Å². The summed E-state index contributed by atoms with van der Waals surface area (Å²) in [7, 11) is 5.74. The fourth-order valence-electron chi connectivity index (χ4n) is 8.11. The van der Waals surface area contributed by atoms with Crippen molar-refractivity contribution in [2.75, 3.05) is 27.8 Å². The fourth-order valence-corrected chi connectivity index (χ4v) is 8.11. The minimum Gasteiger partial charge on any atom is -0.493 e. The topological polar surface area (TPSA) is 48.0 Å². The minimum atomic E-state index is -0.527. The number of carbonyl (C=O) groups excluding carboxylic acids is 1. The third-order valence-corrected chi connectivity index (χ3v) is 8.95. The molecule has 6 rings (SSSR count). The van der Waals surface area contributed by atoms with Crippen LogP contribution < -0.4 is 9.47 Å². The molecule has 0 radical (unpaired) electrons. The summed E-state index contributed by atoms with van der Waals surface area (Å²) < 4.78 is 18.7. The van der Waals surface area contributed by atoms with Gasteiger partial charge in [0.15, 0.2) is 11.5 Å². The van der Waals surface area contributed by atoms with Gasteiger partial charge >= 0.3 is 0 Å². The van der Waals surface area contributed by atoms with E-state index in [1.54, 1.807) is 21.1 Å². The SMILES string of the molecule is COc1ccc2c3c1O[C@@H]1C34CCN(C)C(C2)[C@@]42CC(C(C)=O)[C@]1(OC)C2. The Kier molecular flexibility index (Phi) is 2.84. The average Bonchev–Trinajstić information content (AvgIpc) is 3.26. The number of ketones is 1. The lowest BCUT2D eigenvalue weighted by Crippen LogP contribution is -2.69. The highest BCUT2D eigenvalue weighted by Gasteiger charge is 2.85. The molecule has 0 amide bonds. The second-order valence-corrected chi connectivity index (χ2v) is 9.41. The smallest absolute Gasteiger partial charge is 0.165 e. The first-order valence-electron chi connectivity index (χ1n) is 10.1. The van der Waals surface area contributed by atoms with Crippen molar-refractivity contribution in [3.05, 3.63) is 23.3 Å². The summed E-state index contributed by atoms with van der Waals surface area (Å²) in [6.07, 6.45) is 3.83. The second kappa shape index (κ2) is 4.69. The van der Waals surface area contributed by atoms with Gasteiger partial charge in [-0.25, -0.2) is 0 Å². The summed E-state index contributed by atoms with van der Waals surface area (Å²) in [5.74, 6) is 1.88. The van der Waals surface area contributed by atoms with Gasteiger partial charge in [-0.15, -0.1) is 0 Å². The Morgan fingerprint density at radius 3 is 2.85 bits per heavy atom. The number of methoxy groups -OCH3 is 2. The largest absolute Gasteiger partial charge is 0.493 e. The van der Waals surface area contributed by atoms with Crippen LogP contribution in [0.3, 0.4) is 0 Å². The number of rotatable bonds is 3. The summed E-state index contributed by atoms with van der Waals surface area (Å²) >= 11 is 0. The van der Waals surface area contributed by atoms with E-state index in [0.29, 0.717) is 6.04 Å². The first kappa shape index (κ1) is 16.4. The van der Waals surface area contributed by atoms with Crippen LogP contribution in [-0.4, -0.2) is 56.2 Å². The number of ether oxygens (including phenoxy) is 3. The molecule has 0 aromatic heterocycles. The molecule has 3 fully saturated rings. The number of hydrogen-bond acceptors (Lipinski definition) is 5. The number of hydrogen-bond donors (Lipinski definition) is 0. The standard InChI is InChI=1S/C22H27NO4/c1-12(24)14-10-20-11-22(14,26-4)19-21(20)7-8-23(2)16(20)9-13-5-6-15(25-3)18(27-19)17(13)21/h5-6,14,16,19H,7-11H2,1-4H3/t14?,16?,19-,20+,21?,22-/m1/s1. The number of piperidine rings is 1. The van der Waals surface area contributed by atoms with Gasteiger partial charge in [0.05, 0.1) is 13.0 Å². The Hall–Kier alpha value is -1.59. The Morgan fingerprint density at radius 1 is 1.33 bits per heavy atom. The zero-order valence-corrected chi connectivity index (χ0v) is 16.5. The van der Waals surface area contributed by atoms with Gasteiger partial charge in [-0.2, -0.15) is 0 Å². The van der Waals surface area contributed by atoms with E-state index in [9.17, 15) is 4.79 Å². The van der Waals surface area contributed by atoms with Gasteiger partial charge in [-0.3, -0.25) is 4.79 Å². The molecule has 144 valence electrons. The molecule has 5 aliphatic rings. The molecule has 1 aromatic carbocycles. The third kappa shape index (κ3) is 1.44. The number of likely N-dealkylation sites (tertiary alicyclic amines) is 1. The highest BCUT2D eigenvalue weighted by molar-refractivity contribution is 5.82. The van der Waals surface area contributed by atoms with E-state index in [1.807, 2.05) is 6.07 Å². The number of benzene rings is 1. The first-order chi connectivity index (χ1) is 12.9. The molecule has 2 heterocycles. The molecule has 5 heteroatoms. The monoisotopic (exact) mass is 369 g/mol. The molecular weight excluding hydrogens is 342 g/mol. The number of Topliss-reactive ketones (excluding diaryl/α,β-unsaturated/α-hetero) is 1. The summed E-state index contributed by atoms with van der Waals surface area (Å²) in [5.41, 5.74) is 2.23. The molecule has 1 aromatic rings. The van der Waals surface area contributed by atoms with Crippen LogP contribution >= 0.6 is 0 Å². The van der Waals surface area contributed by atoms with Crippen LogP contribution in [0.25, 0.3) is 0 Å². The normalized spacial score (nSPS) is 45.6. The van der Waals surface area contributed by atoms with E-state index in [-0.39, 0.29) is 28.6 Å². The van der Waals surface area contributed by atoms with Crippen LogP contribution in [-0.2, 0) is 21.4 Å². The highest BCUT2D eigenvalue weighted by atomic mass is 16.6. The van der Waals surface area contributed by atoms with E-state index < -0.39 is 5.60 Å². The van der Waals surface area contributed by atoms with Gasteiger partial charge in [-0.1, -0.05) is 6.07 Å². The van der Waals surface area contributed by atoms with E-state index in [2.05, 4.69) is 18.0 Å². The van der Waals surface area contributed by atoms with Crippen molar-refractivity contribution < 1.29 is 19.0 Å². The van der Waals surface area contributed by atoms with Gasteiger partial charge in [0.25, 0.3) is 0 Å². The molecular formula is C22H27NO4. The van der Waals surface area contributed by atoms with Gasteiger partial charge in [0.1, 0.15) is 17.5 Å². The zero-order chi connectivity index (χ0) is 18.8. The predicted octanol–water partition coefficient (Wildman–Crippen LogP) is 2.34. The van der Waals surface area contributed by atoms with Gasteiger partial charge in [0.2, 0.25) is 0 Å². The lowest BCUT2D eigenvalue weighted by Gasteiger charge is -2.61. The molecule has 0 N–H and O–H groups in total. The highest BCUT2D eigenvalue weighted by Crippen LogP contribution is 2.79. The van der Waals surface area contributed by atoms with Crippen molar-refractivity contribution in [1.82, 2.24) is 4.90 Å². The van der Waals surface area contributed by atoms with Gasteiger partial charge in [-0.05, 0) is 57.8 Å². The van der Waals surface area contributed by atoms with Crippen LogP contribution in [0, 0.1) is 11.3 Å². The maximum absolute atomic E-state index is 12.7. The number of carbonyl (C=O) groups is 1. The molecule has 2 spiro atoms. The van der Waals surface area contributed by atoms with Gasteiger partial charge < -0.3 is 19.1 Å². The quantitative estimate of drug-likeness (QED) is 0.819.